The molecule has 0 saturated carbocycles. The number of benzene rings is 1. The van der Waals surface area contributed by atoms with E-state index >= 15 is 0 Å². The second kappa shape index (κ2) is 16.8. The number of ether oxygens (including phenoxy) is 4. The van der Waals surface area contributed by atoms with Crippen molar-refractivity contribution in [2.24, 2.45) is 0 Å². The number of nitrogens with zero attached hydrogens (tertiary/aromatic N) is 2. The van der Waals surface area contributed by atoms with E-state index in [1.807, 2.05) is 30.3 Å². The number of carbonyl (C=O) groups excluding carboxylic acids is 7. The van der Waals surface area contributed by atoms with Gasteiger partial charge in [0, 0.05) is 33.4 Å². The summed E-state index contributed by atoms with van der Waals surface area (Å²) >= 11 is 0. The van der Waals surface area contributed by atoms with Crippen LogP contribution in [0.2, 0.25) is 0 Å². The van der Waals surface area contributed by atoms with Crippen molar-refractivity contribution in [3.63, 3.8) is 0 Å². The number of alkyl carbamates (subject to hydrolysis) is 1. The standard InChI is InChI=1S/C35H50N4O11/c1-21(48-23(3)40)27(37-33(46)50-34(5,6)7)30(43)38-18-12-16-26(38)29(42)39-19-13-17-35(39,20-25-14-10-9-11-15-25)32(45)36-28(31(44)47-8)22(2)49-24(4)41/h9-11,14-15,21-22,26-28H,12-13,16-20H2,1-8H3,(H,36,45)(H,37,46)/t21-,22-,26?,27+,28+,35?/m1/s1. The molecule has 0 spiro atoms. The van der Waals surface area contributed by atoms with E-state index in [4.69, 9.17) is 18.9 Å². The summed E-state index contributed by atoms with van der Waals surface area (Å²) in [7, 11) is 1.14. The molecule has 6 atom stereocenters. The highest BCUT2D eigenvalue weighted by Crippen LogP contribution is 2.36. The number of amides is 4. The number of hydrogen-bond acceptors (Lipinski definition) is 11. The Morgan fingerprint density at radius 1 is 0.880 bits per heavy atom. The number of esters is 3. The Labute approximate surface area is 292 Å². The fourth-order valence-corrected chi connectivity index (χ4v) is 6.52. The van der Waals surface area contributed by atoms with Gasteiger partial charge in [-0.25, -0.2) is 9.59 Å². The second-order valence-corrected chi connectivity index (χ2v) is 13.7. The van der Waals surface area contributed by atoms with E-state index in [9.17, 15) is 33.6 Å². The molecule has 0 radical (unpaired) electrons. The lowest BCUT2D eigenvalue weighted by Crippen LogP contribution is -2.65. The lowest BCUT2D eigenvalue weighted by Gasteiger charge is -2.41. The number of likely N-dealkylation sites (tertiary alicyclic amines) is 2. The van der Waals surface area contributed by atoms with Crippen molar-refractivity contribution in [2.45, 2.75) is 122 Å². The highest BCUT2D eigenvalue weighted by Gasteiger charge is 2.54. The van der Waals surface area contributed by atoms with Crippen molar-refractivity contribution in [2.75, 3.05) is 20.2 Å². The predicted octanol–water partition coefficient (Wildman–Crippen LogP) is 2.04. The van der Waals surface area contributed by atoms with E-state index in [1.165, 1.54) is 37.5 Å². The van der Waals surface area contributed by atoms with Crippen LogP contribution in [0.15, 0.2) is 30.3 Å². The number of rotatable bonds is 12. The zero-order valence-electron chi connectivity index (χ0n) is 30.1. The van der Waals surface area contributed by atoms with Crippen LogP contribution in [0.4, 0.5) is 4.79 Å². The number of hydrogen-bond donors (Lipinski definition) is 2. The first-order chi connectivity index (χ1) is 23.4. The Balaban J connectivity index is 1.99. The predicted molar refractivity (Wildman–Crippen MR) is 178 cm³/mol. The van der Waals surface area contributed by atoms with Gasteiger partial charge < -0.3 is 39.4 Å². The van der Waals surface area contributed by atoms with Crippen molar-refractivity contribution in [3.05, 3.63) is 35.9 Å². The van der Waals surface area contributed by atoms with Crippen LogP contribution in [0.3, 0.4) is 0 Å². The van der Waals surface area contributed by atoms with Crippen LogP contribution in [0.5, 0.6) is 0 Å². The minimum atomic E-state index is -1.49. The third kappa shape index (κ3) is 9.94. The molecule has 2 heterocycles. The lowest BCUT2D eigenvalue weighted by molar-refractivity contribution is -0.159. The minimum Gasteiger partial charge on any atom is -0.467 e. The molecule has 0 aliphatic carbocycles. The second-order valence-electron chi connectivity index (χ2n) is 13.7. The maximum absolute atomic E-state index is 14.6. The van der Waals surface area contributed by atoms with Crippen molar-refractivity contribution in [3.8, 4) is 0 Å². The zero-order valence-corrected chi connectivity index (χ0v) is 30.1. The molecular weight excluding hydrogens is 652 g/mol. The summed E-state index contributed by atoms with van der Waals surface area (Å²) in [5.41, 5.74) is -1.62. The van der Waals surface area contributed by atoms with Crippen LogP contribution in [-0.4, -0.2) is 113 Å². The summed E-state index contributed by atoms with van der Waals surface area (Å²) < 4.78 is 20.8. The van der Waals surface area contributed by atoms with Gasteiger partial charge in [0.25, 0.3) is 0 Å². The van der Waals surface area contributed by atoms with E-state index in [2.05, 4.69) is 10.6 Å². The first kappa shape index (κ1) is 39.7. The highest BCUT2D eigenvalue weighted by molar-refractivity contribution is 5.98. The quantitative estimate of drug-likeness (QED) is 0.240. The topological polar surface area (TPSA) is 187 Å². The molecule has 2 fully saturated rings. The van der Waals surface area contributed by atoms with Crippen molar-refractivity contribution < 1.29 is 52.5 Å². The molecule has 2 N–H and O–H groups in total. The Kier molecular flexibility index (Phi) is 13.4. The first-order valence-electron chi connectivity index (χ1n) is 16.8. The van der Waals surface area contributed by atoms with Crippen molar-refractivity contribution in [1.29, 1.82) is 0 Å². The normalized spacial score (nSPS) is 21.2. The van der Waals surface area contributed by atoms with Gasteiger partial charge in [-0.05, 0) is 65.9 Å². The molecule has 2 unspecified atom stereocenters. The highest BCUT2D eigenvalue weighted by atomic mass is 16.6. The number of nitrogens with one attached hydrogen (secondary N) is 2. The summed E-state index contributed by atoms with van der Waals surface area (Å²) in [6, 6.07) is 5.34. The summed E-state index contributed by atoms with van der Waals surface area (Å²) in [4.78, 5) is 95.1. The Morgan fingerprint density at radius 2 is 1.48 bits per heavy atom. The molecule has 4 amide bonds. The van der Waals surface area contributed by atoms with E-state index in [0.29, 0.717) is 12.8 Å². The Hall–Kier alpha value is -4.69. The lowest BCUT2D eigenvalue weighted by atomic mass is 9.86. The van der Waals surface area contributed by atoms with Gasteiger partial charge in [-0.3, -0.25) is 24.0 Å². The molecule has 2 saturated heterocycles. The molecule has 50 heavy (non-hydrogen) atoms. The fraction of sp³-hybridized carbons (Fsp3) is 0.629. The van der Waals surface area contributed by atoms with Crippen LogP contribution in [0.1, 0.15) is 79.7 Å². The Morgan fingerprint density at radius 3 is 2.04 bits per heavy atom. The molecule has 0 bridgehead atoms. The molecule has 2 aliphatic heterocycles. The summed E-state index contributed by atoms with van der Waals surface area (Å²) in [6.45, 7) is 10.6. The van der Waals surface area contributed by atoms with Gasteiger partial charge in [-0.1, -0.05) is 30.3 Å². The summed E-state index contributed by atoms with van der Waals surface area (Å²) in [5, 5.41) is 5.22. The SMILES string of the molecule is COC(=O)[C@@H](NC(=O)C1(Cc2ccccc2)CCCN1C(=O)C1CCCN1C(=O)[C@@H](NC(=O)OC(C)(C)C)[C@@H](C)OC(C)=O)[C@@H](C)OC(C)=O. The van der Waals surface area contributed by atoms with Crippen LogP contribution in [0, 0.1) is 0 Å². The molecule has 0 aromatic heterocycles. The van der Waals surface area contributed by atoms with E-state index in [0.717, 1.165) is 12.7 Å². The van der Waals surface area contributed by atoms with E-state index < -0.39 is 83.2 Å². The molecular formula is C35H50N4O11. The van der Waals surface area contributed by atoms with Crippen LogP contribution in [-0.2, 0) is 54.1 Å². The van der Waals surface area contributed by atoms with E-state index in [-0.39, 0.29) is 32.4 Å². The van der Waals surface area contributed by atoms with Crippen LogP contribution < -0.4 is 10.6 Å². The fourth-order valence-electron chi connectivity index (χ4n) is 6.52. The van der Waals surface area contributed by atoms with Gasteiger partial charge >= 0.3 is 24.0 Å². The maximum atomic E-state index is 14.6. The average Bonchev–Trinajstić information content (AvgIpc) is 3.69. The monoisotopic (exact) mass is 702 g/mol. The van der Waals surface area contributed by atoms with Crippen LogP contribution >= 0.6 is 0 Å². The molecule has 15 heteroatoms. The zero-order chi connectivity index (χ0) is 37.4. The van der Waals surface area contributed by atoms with Crippen LogP contribution in [0.25, 0.3) is 0 Å². The molecule has 15 nitrogen and oxygen atoms in total. The van der Waals surface area contributed by atoms with Gasteiger partial charge in [-0.15, -0.1) is 0 Å². The molecule has 3 rings (SSSR count). The molecule has 276 valence electrons. The summed E-state index contributed by atoms with van der Waals surface area (Å²) in [6.07, 6.45) is -1.58. The molecule has 1 aromatic carbocycles. The third-order valence-electron chi connectivity index (χ3n) is 8.66. The smallest absolute Gasteiger partial charge is 0.408 e. The minimum absolute atomic E-state index is 0.0915. The first-order valence-corrected chi connectivity index (χ1v) is 16.8. The Bertz CT molecular complexity index is 1430. The molecule has 1 aromatic rings. The third-order valence-corrected chi connectivity index (χ3v) is 8.66. The number of carbonyl (C=O) groups is 7. The van der Waals surface area contributed by atoms with Crippen molar-refractivity contribution >= 4 is 41.7 Å². The van der Waals surface area contributed by atoms with Gasteiger partial charge in [0.15, 0.2) is 6.04 Å². The maximum Gasteiger partial charge on any atom is 0.408 e. The largest absolute Gasteiger partial charge is 0.467 e. The molecule has 2 aliphatic rings. The van der Waals surface area contributed by atoms with Gasteiger partial charge in [0.2, 0.25) is 17.7 Å². The van der Waals surface area contributed by atoms with Gasteiger partial charge in [0.1, 0.15) is 35.4 Å². The van der Waals surface area contributed by atoms with E-state index in [1.54, 1.807) is 20.8 Å². The van der Waals surface area contributed by atoms with Crippen molar-refractivity contribution in [1.82, 2.24) is 20.4 Å². The average molecular weight is 703 g/mol. The number of methoxy groups -OCH3 is 1. The van der Waals surface area contributed by atoms with Gasteiger partial charge in [-0.2, -0.15) is 0 Å². The summed E-state index contributed by atoms with van der Waals surface area (Å²) in [5.74, 6) is -3.96. The van der Waals surface area contributed by atoms with Gasteiger partial charge in [0.05, 0.1) is 7.11 Å².